The van der Waals surface area contributed by atoms with Crippen LogP contribution in [0.1, 0.15) is 22.8 Å². The van der Waals surface area contributed by atoms with Gasteiger partial charge in [0.25, 0.3) is 0 Å². The van der Waals surface area contributed by atoms with Crippen LogP contribution in [0.5, 0.6) is 0 Å². The summed E-state index contributed by atoms with van der Waals surface area (Å²) in [7, 11) is 0. The van der Waals surface area contributed by atoms with Crippen molar-refractivity contribution in [3.63, 3.8) is 0 Å². The lowest BCUT2D eigenvalue weighted by Gasteiger charge is -2.01. The van der Waals surface area contributed by atoms with Gasteiger partial charge in [-0.25, -0.2) is 4.79 Å². The number of carbonyl (C=O) groups is 1. The first-order valence-corrected chi connectivity index (χ1v) is 6.90. The molecule has 5 heteroatoms. The van der Waals surface area contributed by atoms with Crippen LogP contribution in [0.4, 0.5) is 5.69 Å². The minimum absolute atomic E-state index is 0.320. The second-order valence-corrected chi connectivity index (χ2v) is 4.88. The van der Waals surface area contributed by atoms with Crippen molar-refractivity contribution in [3.8, 4) is 0 Å². The van der Waals surface area contributed by atoms with Gasteiger partial charge in [0.05, 0.1) is 17.9 Å². The molecule has 1 heterocycles. The number of hydrogen-bond acceptors (Lipinski definition) is 4. The summed E-state index contributed by atoms with van der Waals surface area (Å²) in [5.74, 6) is -0.320. The topological polar surface area (TPSA) is 51.5 Å². The molecule has 0 saturated heterocycles. The Labute approximate surface area is 125 Å². The zero-order valence-electron chi connectivity index (χ0n) is 10.9. The maximum atomic E-state index is 11.5. The molecule has 0 amide bonds. The Kier molecular flexibility index (Phi) is 5.01. The van der Waals surface area contributed by atoms with Gasteiger partial charge in [0.2, 0.25) is 0 Å². The number of ether oxygens (including phenoxy) is 1. The van der Waals surface area contributed by atoms with Gasteiger partial charge < -0.3 is 4.74 Å². The molecule has 20 heavy (non-hydrogen) atoms. The van der Waals surface area contributed by atoms with E-state index >= 15 is 0 Å². The SMILES string of the molecule is CCOC(=O)c1ccc(/N=C/c2cncc(Br)c2)cc1. The number of nitrogens with zero attached hydrogens (tertiary/aromatic N) is 2. The molecule has 0 aliphatic heterocycles. The van der Waals surface area contributed by atoms with Crippen LogP contribution in [0, 0.1) is 0 Å². The molecule has 0 bridgehead atoms. The zero-order chi connectivity index (χ0) is 14.4. The van der Waals surface area contributed by atoms with Gasteiger partial charge in [-0.2, -0.15) is 0 Å². The summed E-state index contributed by atoms with van der Waals surface area (Å²) >= 11 is 3.35. The lowest BCUT2D eigenvalue weighted by atomic mass is 10.2. The molecule has 0 unspecified atom stereocenters. The molecule has 0 spiro atoms. The first kappa shape index (κ1) is 14.4. The number of esters is 1. The van der Waals surface area contributed by atoms with E-state index in [2.05, 4.69) is 25.9 Å². The van der Waals surface area contributed by atoms with Gasteiger partial charge >= 0.3 is 5.97 Å². The molecule has 0 N–H and O–H groups in total. The molecular weight excluding hydrogens is 320 g/mol. The average molecular weight is 333 g/mol. The standard InChI is InChI=1S/C15H13BrN2O2/c1-2-20-15(19)12-3-5-14(6-4-12)18-9-11-7-13(16)10-17-8-11/h3-10H,2H2,1H3/b18-9+. The summed E-state index contributed by atoms with van der Waals surface area (Å²) in [4.78, 5) is 19.9. The van der Waals surface area contributed by atoms with Crippen LogP contribution in [0.2, 0.25) is 0 Å². The summed E-state index contributed by atoms with van der Waals surface area (Å²) < 4.78 is 5.82. The van der Waals surface area contributed by atoms with Crippen LogP contribution in [0.15, 0.2) is 52.2 Å². The Morgan fingerprint density at radius 1 is 1.35 bits per heavy atom. The number of pyridine rings is 1. The van der Waals surface area contributed by atoms with E-state index in [1.165, 1.54) is 0 Å². The molecule has 0 saturated carbocycles. The quantitative estimate of drug-likeness (QED) is 0.632. The van der Waals surface area contributed by atoms with E-state index in [4.69, 9.17) is 4.74 Å². The average Bonchev–Trinajstić information content (AvgIpc) is 2.46. The van der Waals surface area contributed by atoms with E-state index in [-0.39, 0.29) is 5.97 Å². The summed E-state index contributed by atoms with van der Waals surface area (Å²) in [6, 6.07) is 8.86. The van der Waals surface area contributed by atoms with Crippen LogP contribution < -0.4 is 0 Å². The highest BCUT2D eigenvalue weighted by molar-refractivity contribution is 9.10. The maximum absolute atomic E-state index is 11.5. The first-order chi connectivity index (χ1) is 9.69. The van der Waals surface area contributed by atoms with E-state index in [0.29, 0.717) is 12.2 Å². The number of aliphatic imine (C=N–C) groups is 1. The molecule has 0 aliphatic rings. The second kappa shape index (κ2) is 6.96. The Morgan fingerprint density at radius 3 is 2.75 bits per heavy atom. The molecular formula is C15H13BrN2O2. The van der Waals surface area contributed by atoms with E-state index in [0.717, 1.165) is 15.7 Å². The number of rotatable bonds is 4. The molecule has 1 aromatic carbocycles. The van der Waals surface area contributed by atoms with E-state index in [1.54, 1.807) is 49.8 Å². The summed E-state index contributed by atoms with van der Waals surface area (Å²) in [5, 5.41) is 0. The molecule has 0 atom stereocenters. The number of halogens is 1. The van der Waals surface area contributed by atoms with Gasteiger partial charge in [-0.15, -0.1) is 0 Å². The van der Waals surface area contributed by atoms with Gasteiger partial charge in [-0.05, 0) is 53.2 Å². The molecule has 0 radical (unpaired) electrons. The highest BCUT2D eigenvalue weighted by Crippen LogP contribution is 2.14. The van der Waals surface area contributed by atoms with Crippen molar-refractivity contribution in [1.82, 2.24) is 4.98 Å². The maximum Gasteiger partial charge on any atom is 0.338 e. The summed E-state index contributed by atoms with van der Waals surface area (Å²) in [5.41, 5.74) is 2.18. The first-order valence-electron chi connectivity index (χ1n) is 6.11. The predicted octanol–water partition coefficient (Wildman–Crippen LogP) is 3.77. The van der Waals surface area contributed by atoms with Crippen LogP contribution in [0.25, 0.3) is 0 Å². The second-order valence-electron chi connectivity index (χ2n) is 3.96. The van der Waals surface area contributed by atoms with Crippen molar-refractivity contribution < 1.29 is 9.53 Å². The van der Waals surface area contributed by atoms with Gasteiger partial charge in [0.1, 0.15) is 0 Å². The minimum Gasteiger partial charge on any atom is -0.462 e. The fourth-order valence-electron chi connectivity index (χ4n) is 1.55. The number of hydrogen-bond donors (Lipinski definition) is 0. The number of aromatic nitrogens is 1. The van der Waals surface area contributed by atoms with Gasteiger partial charge in [0, 0.05) is 28.6 Å². The van der Waals surface area contributed by atoms with Crippen LogP contribution in [0.3, 0.4) is 0 Å². The van der Waals surface area contributed by atoms with Crippen LogP contribution in [-0.2, 0) is 4.74 Å². The van der Waals surface area contributed by atoms with Gasteiger partial charge in [-0.3, -0.25) is 9.98 Å². The highest BCUT2D eigenvalue weighted by Gasteiger charge is 2.04. The van der Waals surface area contributed by atoms with Crippen molar-refractivity contribution in [3.05, 3.63) is 58.3 Å². The van der Waals surface area contributed by atoms with Crippen molar-refractivity contribution in [2.45, 2.75) is 6.92 Å². The molecule has 1 aromatic heterocycles. The highest BCUT2D eigenvalue weighted by atomic mass is 79.9. The Morgan fingerprint density at radius 2 is 2.10 bits per heavy atom. The van der Waals surface area contributed by atoms with Crippen LogP contribution in [-0.4, -0.2) is 23.8 Å². The Hall–Kier alpha value is -2.01. The predicted molar refractivity (Wildman–Crippen MR) is 81.6 cm³/mol. The number of benzene rings is 1. The molecule has 2 rings (SSSR count). The van der Waals surface area contributed by atoms with Gasteiger partial charge in [-0.1, -0.05) is 0 Å². The normalized spacial score (nSPS) is 10.7. The molecule has 4 nitrogen and oxygen atoms in total. The third-order valence-corrected chi connectivity index (χ3v) is 2.90. The summed E-state index contributed by atoms with van der Waals surface area (Å²) in [6.45, 7) is 2.15. The van der Waals surface area contributed by atoms with Crippen molar-refractivity contribution in [2.75, 3.05) is 6.61 Å². The molecule has 0 aliphatic carbocycles. The summed E-state index contributed by atoms with van der Waals surface area (Å²) in [6.07, 6.45) is 5.16. The minimum atomic E-state index is -0.320. The lowest BCUT2D eigenvalue weighted by molar-refractivity contribution is 0.0526. The molecule has 2 aromatic rings. The fraction of sp³-hybridized carbons (Fsp3) is 0.133. The Balaban J connectivity index is 2.09. The Bertz CT molecular complexity index is 624. The van der Waals surface area contributed by atoms with E-state index < -0.39 is 0 Å². The smallest absolute Gasteiger partial charge is 0.338 e. The van der Waals surface area contributed by atoms with E-state index in [1.807, 2.05) is 6.07 Å². The number of carbonyl (C=O) groups excluding carboxylic acids is 1. The van der Waals surface area contributed by atoms with Gasteiger partial charge in [0.15, 0.2) is 0 Å². The van der Waals surface area contributed by atoms with E-state index in [9.17, 15) is 4.79 Å². The van der Waals surface area contributed by atoms with Crippen molar-refractivity contribution in [2.24, 2.45) is 4.99 Å². The van der Waals surface area contributed by atoms with Crippen molar-refractivity contribution in [1.29, 1.82) is 0 Å². The zero-order valence-corrected chi connectivity index (χ0v) is 12.5. The third kappa shape index (κ3) is 3.99. The molecule has 102 valence electrons. The fourth-order valence-corrected chi connectivity index (χ4v) is 1.93. The van der Waals surface area contributed by atoms with Crippen molar-refractivity contribution >= 4 is 33.8 Å². The largest absolute Gasteiger partial charge is 0.462 e. The molecule has 0 fully saturated rings. The monoisotopic (exact) mass is 332 g/mol. The third-order valence-electron chi connectivity index (χ3n) is 2.47. The van der Waals surface area contributed by atoms with Crippen LogP contribution >= 0.6 is 15.9 Å². The lowest BCUT2D eigenvalue weighted by Crippen LogP contribution is -2.03.